The first-order valence-electron chi connectivity index (χ1n) is 8.77. The van der Waals surface area contributed by atoms with Crippen molar-refractivity contribution in [2.75, 3.05) is 0 Å². The summed E-state index contributed by atoms with van der Waals surface area (Å²) in [7, 11) is 1.71. The van der Waals surface area contributed by atoms with Crippen molar-refractivity contribution in [1.82, 2.24) is 24.1 Å². The Morgan fingerprint density at radius 1 is 1.00 bits per heavy atom. The molecular weight excluding hydrogens is 409 g/mol. The van der Waals surface area contributed by atoms with Gasteiger partial charge in [-0.25, -0.2) is 9.78 Å². The fourth-order valence-corrected chi connectivity index (χ4v) is 3.93. The summed E-state index contributed by atoms with van der Waals surface area (Å²) < 4.78 is 3.10. The Morgan fingerprint density at radius 3 is 2.62 bits per heavy atom. The van der Waals surface area contributed by atoms with Gasteiger partial charge in [-0.05, 0) is 35.9 Å². The van der Waals surface area contributed by atoms with Gasteiger partial charge in [0.25, 0.3) is 0 Å². The molecule has 142 valence electrons. The van der Waals surface area contributed by atoms with E-state index < -0.39 is 0 Å². The first-order valence-corrected chi connectivity index (χ1v) is 9.53. The van der Waals surface area contributed by atoms with Gasteiger partial charge in [0.15, 0.2) is 5.15 Å². The van der Waals surface area contributed by atoms with Crippen LogP contribution in [0.5, 0.6) is 0 Å². The van der Waals surface area contributed by atoms with Crippen molar-refractivity contribution >= 4 is 45.1 Å². The molecule has 6 nitrogen and oxygen atoms in total. The van der Waals surface area contributed by atoms with E-state index in [9.17, 15) is 4.79 Å². The Morgan fingerprint density at radius 2 is 1.86 bits per heavy atom. The molecular formula is C21H13Cl2N5O. The summed E-state index contributed by atoms with van der Waals surface area (Å²) in [6.45, 7) is 0. The van der Waals surface area contributed by atoms with Gasteiger partial charge in [0.2, 0.25) is 0 Å². The molecule has 0 unspecified atom stereocenters. The molecule has 0 saturated heterocycles. The molecule has 29 heavy (non-hydrogen) atoms. The Kier molecular flexibility index (Phi) is 4.12. The molecule has 5 rings (SSSR count). The van der Waals surface area contributed by atoms with Gasteiger partial charge < -0.3 is 0 Å². The van der Waals surface area contributed by atoms with Crippen LogP contribution < -0.4 is 5.69 Å². The average molecular weight is 422 g/mol. The summed E-state index contributed by atoms with van der Waals surface area (Å²) >= 11 is 12.3. The summed E-state index contributed by atoms with van der Waals surface area (Å²) in [5, 5.41) is 1.24. The van der Waals surface area contributed by atoms with E-state index in [1.165, 1.54) is 0 Å². The highest BCUT2D eigenvalue weighted by molar-refractivity contribution is 6.33. The first-order chi connectivity index (χ1) is 14.0. The standard InChI is InChI=1S/C21H13Cl2N5O/c1-27-17-11-25-15-5-4-12(13-3-2-8-24-10-13)9-14(15)19(17)28(21(27)29)16-6-7-18(22)26-20(16)23/h2-11H,1H3. The molecule has 0 aliphatic rings. The largest absolute Gasteiger partial charge is 0.333 e. The van der Waals surface area contributed by atoms with E-state index in [1.807, 2.05) is 30.3 Å². The third-order valence-corrected chi connectivity index (χ3v) is 5.40. The van der Waals surface area contributed by atoms with Crippen LogP contribution >= 0.6 is 23.2 Å². The molecule has 5 aromatic rings. The molecule has 0 amide bonds. The predicted octanol–water partition coefficient (Wildman–Crippen LogP) is 4.64. The van der Waals surface area contributed by atoms with Gasteiger partial charge in [-0.15, -0.1) is 0 Å². The van der Waals surface area contributed by atoms with Crippen molar-refractivity contribution in [3.05, 3.63) is 81.8 Å². The zero-order valence-corrected chi connectivity index (χ0v) is 16.7. The Balaban J connectivity index is 1.91. The van der Waals surface area contributed by atoms with Gasteiger partial charge in [0.1, 0.15) is 5.15 Å². The van der Waals surface area contributed by atoms with Crippen molar-refractivity contribution in [3.63, 3.8) is 0 Å². The molecule has 0 radical (unpaired) electrons. The molecule has 0 fully saturated rings. The SMILES string of the molecule is Cn1c(=O)n(-c2ccc(Cl)nc2Cl)c2c3cc(-c4cccnc4)ccc3ncc21. The zero-order valence-electron chi connectivity index (χ0n) is 15.2. The van der Waals surface area contributed by atoms with Crippen LogP contribution in [0.1, 0.15) is 0 Å². The van der Waals surface area contributed by atoms with Gasteiger partial charge in [0.05, 0.1) is 28.4 Å². The minimum absolute atomic E-state index is 0.153. The highest BCUT2D eigenvalue weighted by atomic mass is 35.5. The highest BCUT2D eigenvalue weighted by Crippen LogP contribution is 2.31. The van der Waals surface area contributed by atoms with Crippen molar-refractivity contribution in [2.45, 2.75) is 0 Å². The van der Waals surface area contributed by atoms with Crippen molar-refractivity contribution in [2.24, 2.45) is 7.05 Å². The summed E-state index contributed by atoms with van der Waals surface area (Å²) in [4.78, 5) is 25.9. The monoisotopic (exact) mass is 421 g/mol. The van der Waals surface area contributed by atoms with Crippen LogP contribution in [-0.4, -0.2) is 24.1 Å². The van der Waals surface area contributed by atoms with E-state index in [4.69, 9.17) is 23.2 Å². The molecule has 4 aromatic heterocycles. The second kappa shape index (κ2) is 6.69. The lowest BCUT2D eigenvalue weighted by Crippen LogP contribution is -2.21. The number of imidazole rings is 1. The number of hydrogen-bond acceptors (Lipinski definition) is 4. The van der Waals surface area contributed by atoms with Crippen molar-refractivity contribution in [3.8, 4) is 16.8 Å². The van der Waals surface area contributed by atoms with E-state index in [1.54, 1.807) is 46.9 Å². The number of pyridine rings is 3. The van der Waals surface area contributed by atoms with Crippen LogP contribution in [0.15, 0.2) is 65.8 Å². The summed E-state index contributed by atoms with van der Waals surface area (Å²) in [6.07, 6.45) is 5.22. The number of fused-ring (bicyclic) bond motifs is 3. The molecule has 8 heteroatoms. The van der Waals surface area contributed by atoms with E-state index in [0.717, 1.165) is 22.0 Å². The van der Waals surface area contributed by atoms with E-state index in [-0.39, 0.29) is 16.0 Å². The van der Waals surface area contributed by atoms with Crippen LogP contribution in [0.25, 0.3) is 38.8 Å². The van der Waals surface area contributed by atoms with Gasteiger partial charge >= 0.3 is 5.69 Å². The number of aromatic nitrogens is 5. The lowest BCUT2D eigenvalue weighted by Gasteiger charge is -2.09. The molecule has 0 aliphatic carbocycles. The normalized spacial score (nSPS) is 11.4. The highest BCUT2D eigenvalue weighted by Gasteiger charge is 2.19. The van der Waals surface area contributed by atoms with Crippen LogP contribution in [0.2, 0.25) is 10.3 Å². The van der Waals surface area contributed by atoms with Crippen LogP contribution in [-0.2, 0) is 7.05 Å². The molecule has 0 saturated carbocycles. The summed E-state index contributed by atoms with van der Waals surface area (Å²) in [6, 6.07) is 13.1. The number of benzene rings is 1. The van der Waals surface area contributed by atoms with Crippen LogP contribution in [0, 0.1) is 0 Å². The van der Waals surface area contributed by atoms with Gasteiger partial charge in [-0.1, -0.05) is 35.3 Å². The Bertz CT molecular complexity index is 1460. The molecule has 0 atom stereocenters. The van der Waals surface area contributed by atoms with Crippen molar-refractivity contribution < 1.29 is 0 Å². The topological polar surface area (TPSA) is 65.6 Å². The second-order valence-corrected chi connectivity index (χ2v) is 7.33. The quantitative estimate of drug-likeness (QED) is 0.389. The van der Waals surface area contributed by atoms with E-state index in [0.29, 0.717) is 16.7 Å². The number of aryl methyl sites for hydroxylation is 1. The van der Waals surface area contributed by atoms with E-state index >= 15 is 0 Å². The number of rotatable bonds is 2. The molecule has 4 heterocycles. The Labute approximate surface area is 175 Å². The minimum Gasteiger partial charge on any atom is -0.293 e. The third-order valence-electron chi connectivity index (χ3n) is 4.91. The molecule has 0 bridgehead atoms. The number of halogens is 2. The molecule has 0 spiro atoms. The fraction of sp³-hybridized carbons (Fsp3) is 0.0476. The molecule has 0 N–H and O–H groups in total. The van der Waals surface area contributed by atoms with Crippen LogP contribution in [0.4, 0.5) is 0 Å². The summed E-state index contributed by atoms with van der Waals surface area (Å²) in [5.74, 6) is 0. The van der Waals surface area contributed by atoms with Gasteiger partial charge in [0, 0.05) is 30.4 Å². The predicted molar refractivity (Wildman–Crippen MR) is 115 cm³/mol. The van der Waals surface area contributed by atoms with Crippen molar-refractivity contribution in [1.29, 1.82) is 0 Å². The van der Waals surface area contributed by atoms with E-state index in [2.05, 4.69) is 15.0 Å². The molecule has 1 aromatic carbocycles. The molecule has 0 aliphatic heterocycles. The maximum absolute atomic E-state index is 13.1. The lowest BCUT2D eigenvalue weighted by molar-refractivity contribution is 0.844. The maximum Gasteiger partial charge on any atom is 0.333 e. The van der Waals surface area contributed by atoms with Crippen LogP contribution in [0.3, 0.4) is 0 Å². The first kappa shape index (κ1) is 17.8. The number of nitrogens with zero attached hydrogens (tertiary/aromatic N) is 5. The average Bonchev–Trinajstić information content (AvgIpc) is 2.99. The minimum atomic E-state index is -0.243. The smallest absolute Gasteiger partial charge is 0.293 e. The van der Waals surface area contributed by atoms with Gasteiger partial charge in [-0.2, -0.15) is 0 Å². The fourth-order valence-electron chi connectivity index (χ4n) is 3.51. The van der Waals surface area contributed by atoms with Gasteiger partial charge in [-0.3, -0.25) is 19.1 Å². The zero-order chi connectivity index (χ0) is 20.1. The number of hydrogen-bond donors (Lipinski definition) is 0. The summed E-state index contributed by atoms with van der Waals surface area (Å²) in [5.41, 5.74) is 4.34. The third kappa shape index (κ3) is 2.80. The lowest BCUT2D eigenvalue weighted by atomic mass is 10.0. The maximum atomic E-state index is 13.1. The second-order valence-electron chi connectivity index (χ2n) is 6.59. The Hall–Kier alpha value is -3.22.